The Morgan fingerprint density at radius 2 is 1.06 bits per heavy atom. The van der Waals surface area contributed by atoms with Crippen LogP contribution >= 0.6 is 0 Å². The van der Waals surface area contributed by atoms with Crippen LogP contribution < -0.4 is 0 Å². The van der Waals surface area contributed by atoms with Crippen LogP contribution in [0.1, 0.15) is 11.1 Å². The molecule has 9 aromatic rings. The van der Waals surface area contributed by atoms with E-state index in [1.54, 1.807) is 0 Å². The lowest BCUT2D eigenvalue weighted by molar-refractivity contribution is 1.18. The quantitative estimate of drug-likeness (QED) is 0.141. The Labute approximate surface area is 294 Å². The molecule has 0 spiro atoms. The number of aromatic nitrogens is 1. The van der Waals surface area contributed by atoms with Crippen LogP contribution in [0.25, 0.3) is 87.3 Å². The first-order chi connectivity index (χ1) is 25.2. The number of fused-ring (bicyclic) bond motifs is 5. The van der Waals surface area contributed by atoms with Gasteiger partial charge in [-0.3, -0.25) is 0 Å². The van der Waals surface area contributed by atoms with Crippen LogP contribution in [0.4, 0.5) is 5.69 Å². The van der Waals surface area contributed by atoms with Crippen LogP contribution in [-0.2, 0) is 0 Å². The molecule has 0 aliphatic heterocycles. The van der Waals surface area contributed by atoms with Gasteiger partial charge in [-0.1, -0.05) is 115 Å². The minimum atomic E-state index is 0.538. The number of benzene rings is 8. The lowest BCUT2D eigenvalue weighted by atomic mass is 9.85. The van der Waals surface area contributed by atoms with Gasteiger partial charge in [0.15, 0.2) is 5.69 Å². The predicted octanol–water partition coefficient (Wildman–Crippen LogP) is 12.4. The second-order valence-corrected chi connectivity index (χ2v) is 12.6. The molecule has 0 saturated heterocycles. The minimum absolute atomic E-state index is 0.538. The molecule has 9 rings (SSSR count). The number of nitrogens with zero attached hydrogens (tertiary/aromatic N) is 4. The van der Waals surface area contributed by atoms with Crippen LogP contribution in [0.2, 0.25) is 0 Å². The molecule has 0 atom stereocenters. The van der Waals surface area contributed by atoms with Gasteiger partial charge in [-0.25, -0.2) is 4.85 Å². The summed E-state index contributed by atoms with van der Waals surface area (Å²) in [6.07, 6.45) is 0. The molecule has 1 aromatic heterocycles. The first-order valence-electron chi connectivity index (χ1n) is 16.7. The molecule has 51 heavy (non-hydrogen) atoms. The van der Waals surface area contributed by atoms with Crippen LogP contribution in [0.5, 0.6) is 0 Å². The molecule has 0 fully saturated rings. The first kappa shape index (κ1) is 29.7. The Morgan fingerprint density at radius 3 is 1.71 bits per heavy atom. The molecule has 4 heteroatoms. The van der Waals surface area contributed by atoms with Crippen LogP contribution in [0.3, 0.4) is 0 Å². The summed E-state index contributed by atoms with van der Waals surface area (Å²) in [5.41, 5.74) is 10.6. The standard InChI is InChI=1S/C47H26N4/c1-50-34-21-24-45-42(27-34)41-25-30(28-48)19-23-44(41)51(45)43-18-10-9-13-36(43)35-22-20-32(26-33(35)29-49)47-39-16-7-5-14-37(39)46(31-11-3-2-4-12-31)38-15-6-8-17-40(38)47/h2-27H. The Balaban J connectivity index is 1.28. The Bertz CT molecular complexity index is 2870. The maximum absolute atomic E-state index is 10.7. The second-order valence-electron chi connectivity index (χ2n) is 12.6. The lowest BCUT2D eigenvalue weighted by Crippen LogP contribution is -1.98. The summed E-state index contributed by atoms with van der Waals surface area (Å²) in [5, 5.41) is 26.8. The minimum Gasteiger partial charge on any atom is -0.309 e. The fourth-order valence-corrected chi connectivity index (χ4v) is 7.69. The highest BCUT2D eigenvalue weighted by molar-refractivity contribution is 6.21. The highest BCUT2D eigenvalue weighted by Crippen LogP contribution is 2.45. The van der Waals surface area contributed by atoms with Crippen molar-refractivity contribution in [1.29, 1.82) is 10.5 Å². The third kappa shape index (κ3) is 4.66. The molecular formula is C47H26N4. The average molecular weight is 647 g/mol. The smallest absolute Gasteiger partial charge is 0.188 e. The van der Waals surface area contributed by atoms with Crippen LogP contribution in [0, 0.1) is 29.2 Å². The van der Waals surface area contributed by atoms with Gasteiger partial charge in [0.25, 0.3) is 0 Å². The van der Waals surface area contributed by atoms with Crippen LogP contribution in [0.15, 0.2) is 158 Å². The molecule has 0 saturated carbocycles. The third-order valence-electron chi connectivity index (χ3n) is 9.86. The van der Waals surface area contributed by atoms with Gasteiger partial charge < -0.3 is 4.57 Å². The number of rotatable bonds is 4. The molecular weight excluding hydrogens is 621 g/mol. The predicted molar refractivity (Wildman–Crippen MR) is 208 cm³/mol. The lowest BCUT2D eigenvalue weighted by Gasteiger charge is -2.19. The van der Waals surface area contributed by atoms with Gasteiger partial charge >= 0.3 is 0 Å². The van der Waals surface area contributed by atoms with Crippen molar-refractivity contribution in [3.05, 3.63) is 180 Å². The normalized spacial score (nSPS) is 11.1. The summed E-state index contributed by atoms with van der Waals surface area (Å²) in [6.45, 7) is 7.62. The van der Waals surface area contributed by atoms with E-state index in [4.69, 9.17) is 6.57 Å². The van der Waals surface area contributed by atoms with E-state index in [1.807, 2.05) is 60.7 Å². The molecule has 8 aromatic carbocycles. The van der Waals surface area contributed by atoms with E-state index in [0.717, 1.165) is 71.3 Å². The molecule has 0 unspecified atom stereocenters. The Hall–Kier alpha value is -7.45. The molecule has 0 aliphatic carbocycles. The molecule has 0 aliphatic rings. The van der Waals surface area contributed by atoms with E-state index in [0.29, 0.717) is 16.8 Å². The summed E-state index contributed by atoms with van der Waals surface area (Å²) >= 11 is 0. The zero-order chi connectivity index (χ0) is 34.5. The van der Waals surface area contributed by atoms with Crippen molar-refractivity contribution in [2.75, 3.05) is 0 Å². The highest BCUT2D eigenvalue weighted by atomic mass is 15.0. The van der Waals surface area contributed by atoms with Gasteiger partial charge in [-0.05, 0) is 91.6 Å². The zero-order valence-electron chi connectivity index (χ0n) is 27.3. The SMILES string of the molecule is [C-]#[N+]c1ccc2c(c1)c1cc(C#N)ccc1n2-c1ccccc1-c1ccc(-c2c3ccccc3c(-c3ccccc3)c3ccccc23)cc1C#N. The molecule has 1 heterocycles. The van der Waals surface area contributed by atoms with E-state index < -0.39 is 0 Å². The van der Waals surface area contributed by atoms with Gasteiger partial charge in [0.05, 0.1) is 46.6 Å². The summed E-state index contributed by atoms with van der Waals surface area (Å²) in [6, 6.07) is 58.1. The van der Waals surface area contributed by atoms with Gasteiger partial charge in [0, 0.05) is 16.5 Å². The van der Waals surface area contributed by atoms with Crippen molar-refractivity contribution in [2.45, 2.75) is 0 Å². The topological polar surface area (TPSA) is 56.9 Å². The summed E-state index contributed by atoms with van der Waals surface area (Å²) in [7, 11) is 0. The van der Waals surface area contributed by atoms with Gasteiger partial charge in [-0.2, -0.15) is 10.5 Å². The zero-order valence-corrected chi connectivity index (χ0v) is 27.3. The molecule has 0 bridgehead atoms. The molecule has 4 nitrogen and oxygen atoms in total. The summed E-state index contributed by atoms with van der Waals surface area (Å²) < 4.78 is 2.17. The molecule has 0 amide bonds. The average Bonchev–Trinajstić information content (AvgIpc) is 3.52. The van der Waals surface area contributed by atoms with E-state index in [2.05, 4.69) is 119 Å². The van der Waals surface area contributed by atoms with Gasteiger partial charge in [-0.15, -0.1) is 0 Å². The van der Waals surface area contributed by atoms with Crippen molar-refractivity contribution in [3.63, 3.8) is 0 Å². The largest absolute Gasteiger partial charge is 0.309 e. The fourth-order valence-electron chi connectivity index (χ4n) is 7.69. The van der Waals surface area contributed by atoms with Crippen molar-refractivity contribution in [1.82, 2.24) is 4.57 Å². The van der Waals surface area contributed by atoms with Gasteiger partial charge in [0.1, 0.15) is 0 Å². The van der Waals surface area contributed by atoms with E-state index in [1.165, 1.54) is 11.1 Å². The maximum atomic E-state index is 10.7. The second kappa shape index (κ2) is 11.9. The van der Waals surface area contributed by atoms with Crippen molar-refractivity contribution < 1.29 is 0 Å². The van der Waals surface area contributed by atoms with Gasteiger partial charge in [0.2, 0.25) is 0 Å². The molecule has 0 radical (unpaired) electrons. The molecule has 234 valence electrons. The van der Waals surface area contributed by atoms with E-state index >= 15 is 0 Å². The number of hydrogen-bond acceptors (Lipinski definition) is 2. The fraction of sp³-hybridized carbons (Fsp3) is 0. The van der Waals surface area contributed by atoms with E-state index in [-0.39, 0.29) is 0 Å². The third-order valence-corrected chi connectivity index (χ3v) is 9.86. The number of para-hydroxylation sites is 1. The highest BCUT2D eigenvalue weighted by Gasteiger charge is 2.20. The van der Waals surface area contributed by atoms with Crippen molar-refractivity contribution >= 4 is 49.0 Å². The maximum Gasteiger partial charge on any atom is 0.188 e. The van der Waals surface area contributed by atoms with Crippen LogP contribution in [-0.4, -0.2) is 4.57 Å². The summed E-state index contributed by atoms with van der Waals surface area (Å²) in [4.78, 5) is 3.67. The first-order valence-corrected chi connectivity index (χ1v) is 16.7. The molecule has 0 N–H and O–H groups in total. The monoisotopic (exact) mass is 646 g/mol. The summed E-state index contributed by atoms with van der Waals surface area (Å²) in [5.74, 6) is 0. The van der Waals surface area contributed by atoms with Crippen molar-refractivity contribution in [3.8, 4) is 51.2 Å². The van der Waals surface area contributed by atoms with Crippen molar-refractivity contribution in [2.24, 2.45) is 0 Å². The number of hydrogen-bond donors (Lipinski definition) is 0. The van der Waals surface area contributed by atoms with E-state index in [9.17, 15) is 10.5 Å². The Kier molecular flexibility index (Phi) is 6.93. The Morgan fingerprint density at radius 1 is 0.471 bits per heavy atom. The number of nitriles is 2.